The third-order valence-corrected chi connectivity index (χ3v) is 2.97. The third-order valence-electron chi connectivity index (χ3n) is 2.36. The van der Waals surface area contributed by atoms with Crippen LogP contribution < -0.4 is 15.4 Å². The van der Waals surface area contributed by atoms with Crippen LogP contribution in [-0.2, 0) is 14.8 Å². The van der Waals surface area contributed by atoms with Gasteiger partial charge in [0.2, 0.25) is 15.9 Å². The van der Waals surface area contributed by atoms with Crippen molar-refractivity contribution in [3.63, 3.8) is 0 Å². The molecule has 0 unspecified atom stereocenters. The molecule has 1 amide bonds. The molecule has 0 radical (unpaired) electrons. The summed E-state index contributed by atoms with van der Waals surface area (Å²) in [6.07, 6.45) is 2.68. The molecule has 0 aliphatic carbocycles. The van der Waals surface area contributed by atoms with Gasteiger partial charge in [-0.3, -0.25) is 9.52 Å². The predicted octanol–water partition coefficient (Wildman–Crippen LogP) is 1.16. The lowest BCUT2D eigenvalue weighted by atomic mass is 10.2. The van der Waals surface area contributed by atoms with Crippen molar-refractivity contribution in [1.29, 1.82) is 0 Å². The fourth-order valence-electron chi connectivity index (χ4n) is 1.53. The standard InChI is InChI=1S/C13H19N3O3S/c1-4-8-14-13(17)10(2)15-11-6-5-7-12(9-11)16-20(3,18)19/h4-7,9-10,15-16H,1,8H2,2-3H3,(H,14,17)/t10-/m1/s1. The van der Waals surface area contributed by atoms with Crippen LogP contribution in [0.3, 0.4) is 0 Å². The van der Waals surface area contributed by atoms with Gasteiger partial charge in [0.1, 0.15) is 6.04 Å². The zero-order chi connectivity index (χ0) is 15.2. The van der Waals surface area contributed by atoms with Crippen LogP contribution in [0.15, 0.2) is 36.9 Å². The molecule has 0 saturated carbocycles. The molecule has 0 bridgehead atoms. The van der Waals surface area contributed by atoms with Gasteiger partial charge in [-0.25, -0.2) is 8.42 Å². The Balaban J connectivity index is 2.70. The zero-order valence-electron chi connectivity index (χ0n) is 11.5. The topological polar surface area (TPSA) is 87.3 Å². The number of amides is 1. The van der Waals surface area contributed by atoms with Crippen LogP contribution >= 0.6 is 0 Å². The van der Waals surface area contributed by atoms with Crippen molar-refractivity contribution >= 4 is 27.3 Å². The van der Waals surface area contributed by atoms with E-state index in [9.17, 15) is 13.2 Å². The van der Waals surface area contributed by atoms with Crippen LogP contribution in [0, 0.1) is 0 Å². The molecule has 0 spiro atoms. The molecular formula is C13H19N3O3S. The highest BCUT2D eigenvalue weighted by atomic mass is 32.2. The molecule has 0 aliphatic rings. The Morgan fingerprint density at radius 2 is 2.05 bits per heavy atom. The molecule has 0 fully saturated rings. The summed E-state index contributed by atoms with van der Waals surface area (Å²) < 4.78 is 24.7. The minimum Gasteiger partial charge on any atom is -0.374 e. The summed E-state index contributed by atoms with van der Waals surface area (Å²) in [7, 11) is -3.32. The first kappa shape index (κ1) is 16.0. The van der Waals surface area contributed by atoms with Crippen molar-refractivity contribution < 1.29 is 13.2 Å². The highest BCUT2D eigenvalue weighted by Crippen LogP contribution is 2.16. The van der Waals surface area contributed by atoms with E-state index >= 15 is 0 Å². The van der Waals surface area contributed by atoms with E-state index in [1.807, 2.05) is 0 Å². The fraction of sp³-hybridized carbons (Fsp3) is 0.308. The van der Waals surface area contributed by atoms with E-state index in [-0.39, 0.29) is 5.91 Å². The van der Waals surface area contributed by atoms with Gasteiger partial charge in [0.25, 0.3) is 0 Å². The molecule has 3 N–H and O–H groups in total. The first-order valence-electron chi connectivity index (χ1n) is 6.05. The summed E-state index contributed by atoms with van der Waals surface area (Å²) >= 11 is 0. The Morgan fingerprint density at radius 3 is 2.65 bits per heavy atom. The van der Waals surface area contributed by atoms with E-state index in [0.717, 1.165) is 6.26 Å². The van der Waals surface area contributed by atoms with Crippen LogP contribution in [0.4, 0.5) is 11.4 Å². The largest absolute Gasteiger partial charge is 0.374 e. The molecule has 1 aromatic carbocycles. The lowest BCUT2D eigenvalue weighted by molar-refractivity contribution is -0.121. The molecule has 0 saturated heterocycles. The SMILES string of the molecule is C=CCNC(=O)[C@@H](C)Nc1cccc(NS(C)(=O)=O)c1. The molecule has 1 aromatic rings. The van der Waals surface area contributed by atoms with Gasteiger partial charge in [0.15, 0.2) is 0 Å². The quantitative estimate of drug-likeness (QED) is 0.659. The molecule has 110 valence electrons. The first-order chi connectivity index (χ1) is 9.31. The Hall–Kier alpha value is -2.02. The van der Waals surface area contributed by atoms with Gasteiger partial charge in [-0.05, 0) is 25.1 Å². The fourth-order valence-corrected chi connectivity index (χ4v) is 2.08. The summed E-state index contributed by atoms with van der Waals surface area (Å²) in [5.74, 6) is -0.161. The van der Waals surface area contributed by atoms with Gasteiger partial charge in [-0.1, -0.05) is 12.1 Å². The van der Waals surface area contributed by atoms with Crippen LogP contribution in [0.5, 0.6) is 0 Å². The van der Waals surface area contributed by atoms with Gasteiger partial charge in [0, 0.05) is 12.2 Å². The molecule has 0 aromatic heterocycles. The second-order valence-corrected chi connectivity index (χ2v) is 6.10. The molecule has 20 heavy (non-hydrogen) atoms. The lowest BCUT2D eigenvalue weighted by Crippen LogP contribution is -2.37. The lowest BCUT2D eigenvalue weighted by Gasteiger charge is -2.15. The van der Waals surface area contributed by atoms with Crippen molar-refractivity contribution in [2.75, 3.05) is 22.8 Å². The average Bonchev–Trinajstić information content (AvgIpc) is 2.34. The van der Waals surface area contributed by atoms with Crippen LogP contribution in [0.2, 0.25) is 0 Å². The minimum absolute atomic E-state index is 0.161. The van der Waals surface area contributed by atoms with Crippen molar-refractivity contribution in [3.8, 4) is 0 Å². The highest BCUT2D eigenvalue weighted by Gasteiger charge is 2.11. The highest BCUT2D eigenvalue weighted by molar-refractivity contribution is 7.92. The maximum absolute atomic E-state index is 11.7. The number of nitrogens with one attached hydrogen (secondary N) is 3. The molecule has 1 rings (SSSR count). The van der Waals surface area contributed by atoms with Gasteiger partial charge >= 0.3 is 0 Å². The van der Waals surface area contributed by atoms with E-state index < -0.39 is 16.1 Å². The molecule has 0 aliphatic heterocycles. The Bertz CT molecular complexity index is 584. The van der Waals surface area contributed by atoms with Crippen molar-refractivity contribution in [1.82, 2.24) is 5.32 Å². The van der Waals surface area contributed by atoms with Crippen molar-refractivity contribution in [2.45, 2.75) is 13.0 Å². The number of anilines is 2. The van der Waals surface area contributed by atoms with Gasteiger partial charge < -0.3 is 10.6 Å². The number of carbonyl (C=O) groups is 1. The minimum atomic E-state index is -3.32. The predicted molar refractivity (Wildman–Crippen MR) is 81.2 cm³/mol. The van der Waals surface area contributed by atoms with Gasteiger partial charge in [0.05, 0.1) is 11.9 Å². The number of hydrogen-bond acceptors (Lipinski definition) is 4. The first-order valence-corrected chi connectivity index (χ1v) is 7.94. The number of benzene rings is 1. The number of carbonyl (C=O) groups excluding carboxylic acids is 1. The average molecular weight is 297 g/mol. The smallest absolute Gasteiger partial charge is 0.242 e. The van der Waals surface area contributed by atoms with Crippen LogP contribution in [-0.4, -0.2) is 33.2 Å². The summed E-state index contributed by atoms with van der Waals surface area (Å²) in [4.78, 5) is 11.7. The van der Waals surface area contributed by atoms with Crippen molar-refractivity contribution in [2.24, 2.45) is 0 Å². The Kier molecular flexibility index (Phi) is 5.57. The molecule has 6 nitrogen and oxygen atoms in total. The number of hydrogen-bond donors (Lipinski definition) is 3. The number of sulfonamides is 1. The summed E-state index contributed by atoms with van der Waals surface area (Å²) in [5, 5.41) is 5.67. The second kappa shape index (κ2) is 6.95. The van der Waals surface area contributed by atoms with Gasteiger partial charge in [-0.2, -0.15) is 0 Å². The normalized spacial score (nSPS) is 12.3. The summed E-state index contributed by atoms with van der Waals surface area (Å²) in [6.45, 7) is 5.64. The second-order valence-electron chi connectivity index (χ2n) is 4.35. The van der Waals surface area contributed by atoms with E-state index in [2.05, 4.69) is 21.9 Å². The maximum Gasteiger partial charge on any atom is 0.242 e. The summed E-state index contributed by atoms with van der Waals surface area (Å²) in [5.41, 5.74) is 1.09. The molecule has 7 heteroatoms. The monoisotopic (exact) mass is 297 g/mol. The maximum atomic E-state index is 11.7. The van der Waals surface area contributed by atoms with E-state index in [1.165, 1.54) is 0 Å². The van der Waals surface area contributed by atoms with E-state index in [0.29, 0.717) is 17.9 Å². The summed E-state index contributed by atoms with van der Waals surface area (Å²) in [6, 6.07) is 6.27. The van der Waals surface area contributed by atoms with Gasteiger partial charge in [-0.15, -0.1) is 6.58 Å². The molecular weight excluding hydrogens is 278 g/mol. The Morgan fingerprint density at radius 1 is 1.40 bits per heavy atom. The third kappa shape index (κ3) is 5.75. The van der Waals surface area contributed by atoms with E-state index in [4.69, 9.17) is 0 Å². The van der Waals surface area contributed by atoms with Crippen molar-refractivity contribution in [3.05, 3.63) is 36.9 Å². The van der Waals surface area contributed by atoms with Crippen LogP contribution in [0.1, 0.15) is 6.92 Å². The zero-order valence-corrected chi connectivity index (χ0v) is 12.3. The number of rotatable bonds is 7. The molecule has 1 atom stereocenters. The van der Waals surface area contributed by atoms with E-state index in [1.54, 1.807) is 37.3 Å². The Labute approximate surface area is 119 Å². The van der Waals surface area contributed by atoms with Crippen LogP contribution in [0.25, 0.3) is 0 Å². The molecule has 0 heterocycles.